The first-order valence-electron chi connectivity index (χ1n) is 11.0. The molecule has 1 aliphatic heterocycles. The van der Waals surface area contributed by atoms with Gasteiger partial charge in [0.05, 0.1) is 4.90 Å². The van der Waals surface area contributed by atoms with Crippen molar-refractivity contribution in [2.75, 3.05) is 33.2 Å². The molecule has 2 rings (SSSR count). The third kappa shape index (κ3) is 8.51. The fourth-order valence-corrected chi connectivity index (χ4v) is 5.36. The lowest BCUT2D eigenvalue weighted by atomic mass is 10.2. The van der Waals surface area contributed by atoms with E-state index in [2.05, 4.69) is 48.2 Å². The van der Waals surface area contributed by atoms with Gasteiger partial charge in [0, 0.05) is 51.9 Å². The smallest absolute Gasteiger partial charge is 0.243 e. The molecule has 1 aliphatic rings. The minimum Gasteiger partial charge on any atom is -0.356 e. The van der Waals surface area contributed by atoms with Gasteiger partial charge in [0.1, 0.15) is 0 Å². The maximum absolute atomic E-state index is 12.6. The van der Waals surface area contributed by atoms with E-state index >= 15 is 0 Å². The quantitative estimate of drug-likeness (QED) is 0.197. The van der Waals surface area contributed by atoms with Crippen molar-refractivity contribution in [3.05, 3.63) is 29.8 Å². The van der Waals surface area contributed by atoms with Crippen LogP contribution in [0.3, 0.4) is 0 Å². The largest absolute Gasteiger partial charge is 0.356 e. The van der Waals surface area contributed by atoms with E-state index in [1.807, 2.05) is 12.1 Å². The summed E-state index contributed by atoms with van der Waals surface area (Å²) in [7, 11) is -1.59. The molecule has 7 nitrogen and oxygen atoms in total. The highest BCUT2D eigenvalue weighted by Gasteiger charge is 2.26. The van der Waals surface area contributed by atoms with Crippen LogP contribution in [0.2, 0.25) is 0 Å². The van der Waals surface area contributed by atoms with E-state index in [1.54, 1.807) is 23.5 Å². The first-order valence-corrected chi connectivity index (χ1v) is 12.5. The Balaban J connectivity index is 0.00000480. The standard InChI is InChI=1S/C22H39N5O2S.HI/c1-18(2)27(19(3)4)16-8-13-24-22(23-5)25-17-20-9-11-21(12-10-20)30(28,29)26-14-6-7-15-26;/h9-12,18-19H,6-8,13-17H2,1-5H3,(H2,23,24,25);1H. The Morgan fingerprint density at radius 1 is 1.06 bits per heavy atom. The Morgan fingerprint density at radius 2 is 1.65 bits per heavy atom. The maximum atomic E-state index is 12.6. The summed E-state index contributed by atoms with van der Waals surface area (Å²) in [6.45, 7) is 12.7. The average molecular weight is 566 g/mol. The van der Waals surface area contributed by atoms with Crippen LogP contribution in [0, 0.1) is 0 Å². The van der Waals surface area contributed by atoms with Gasteiger partial charge < -0.3 is 10.6 Å². The summed E-state index contributed by atoms with van der Waals surface area (Å²) in [5.74, 6) is 0.754. The second kappa shape index (κ2) is 13.6. The Bertz CT molecular complexity index is 768. The van der Waals surface area contributed by atoms with Crippen molar-refractivity contribution in [1.82, 2.24) is 19.8 Å². The topological polar surface area (TPSA) is 77.0 Å². The molecular weight excluding hydrogens is 525 g/mol. The molecular formula is C22H40IN5O2S. The van der Waals surface area contributed by atoms with Crippen LogP contribution in [0.4, 0.5) is 0 Å². The van der Waals surface area contributed by atoms with E-state index in [1.165, 1.54) is 0 Å². The third-order valence-corrected chi connectivity index (χ3v) is 7.43. The summed E-state index contributed by atoms with van der Waals surface area (Å²) < 4.78 is 26.8. The Hall–Kier alpha value is -0.910. The number of sulfonamides is 1. The maximum Gasteiger partial charge on any atom is 0.243 e. The molecule has 31 heavy (non-hydrogen) atoms. The monoisotopic (exact) mass is 565 g/mol. The Kier molecular flexibility index (Phi) is 12.3. The molecule has 0 aliphatic carbocycles. The van der Waals surface area contributed by atoms with Gasteiger partial charge in [0.15, 0.2) is 5.96 Å². The van der Waals surface area contributed by atoms with Gasteiger partial charge in [-0.1, -0.05) is 12.1 Å². The van der Waals surface area contributed by atoms with Crippen molar-refractivity contribution in [2.45, 2.75) is 70.5 Å². The fourth-order valence-electron chi connectivity index (χ4n) is 3.84. The first kappa shape index (κ1) is 28.1. The van der Waals surface area contributed by atoms with Gasteiger partial charge in [0.25, 0.3) is 0 Å². The first-order chi connectivity index (χ1) is 14.3. The zero-order valence-electron chi connectivity index (χ0n) is 19.6. The molecule has 0 radical (unpaired) electrons. The van der Waals surface area contributed by atoms with Crippen LogP contribution in [0.1, 0.15) is 52.5 Å². The van der Waals surface area contributed by atoms with Crippen LogP contribution in [-0.4, -0.2) is 68.9 Å². The van der Waals surface area contributed by atoms with Crippen molar-refractivity contribution in [2.24, 2.45) is 4.99 Å². The molecule has 1 heterocycles. The van der Waals surface area contributed by atoms with Crippen molar-refractivity contribution in [3.8, 4) is 0 Å². The summed E-state index contributed by atoms with van der Waals surface area (Å²) in [5, 5.41) is 6.65. The van der Waals surface area contributed by atoms with Crippen molar-refractivity contribution >= 4 is 40.0 Å². The number of rotatable bonds is 10. The Labute approximate surface area is 206 Å². The van der Waals surface area contributed by atoms with Crippen molar-refractivity contribution in [1.29, 1.82) is 0 Å². The van der Waals surface area contributed by atoms with E-state index < -0.39 is 10.0 Å². The minimum atomic E-state index is -3.35. The molecule has 0 aromatic heterocycles. The molecule has 0 spiro atoms. The summed E-state index contributed by atoms with van der Waals surface area (Å²) >= 11 is 0. The highest BCUT2D eigenvalue weighted by atomic mass is 127. The van der Waals surface area contributed by atoms with Gasteiger partial charge in [-0.25, -0.2) is 8.42 Å². The van der Waals surface area contributed by atoms with Crippen LogP contribution in [-0.2, 0) is 16.6 Å². The molecule has 1 aromatic carbocycles. The highest BCUT2D eigenvalue weighted by Crippen LogP contribution is 2.21. The van der Waals surface area contributed by atoms with Gasteiger partial charge in [-0.3, -0.25) is 9.89 Å². The van der Waals surface area contributed by atoms with E-state index in [9.17, 15) is 8.42 Å². The summed E-state index contributed by atoms with van der Waals surface area (Å²) in [4.78, 5) is 7.13. The van der Waals surface area contributed by atoms with Crippen LogP contribution in [0.15, 0.2) is 34.2 Å². The second-order valence-electron chi connectivity index (χ2n) is 8.39. The molecule has 0 bridgehead atoms. The summed E-state index contributed by atoms with van der Waals surface area (Å²) in [5.41, 5.74) is 1.02. The molecule has 0 unspecified atom stereocenters. The van der Waals surface area contributed by atoms with Crippen LogP contribution in [0.5, 0.6) is 0 Å². The van der Waals surface area contributed by atoms with Crippen molar-refractivity contribution in [3.63, 3.8) is 0 Å². The molecule has 0 atom stereocenters. The number of nitrogens with zero attached hydrogens (tertiary/aromatic N) is 3. The molecule has 9 heteroatoms. The third-order valence-electron chi connectivity index (χ3n) is 5.52. The van der Waals surface area contributed by atoms with Gasteiger partial charge in [-0.05, 0) is 64.7 Å². The summed E-state index contributed by atoms with van der Waals surface area (Å²) in [6, 6.07) is 8.22. The SMILES string of the molecule is CN=C(NCCCN(C(C)C)C(C)C)NCc1ccc(S(=O)(=O)N2CCCC2)cc1.I. The number of nitrogens with one attached hydrogen (secondary N) is 2. The van der Waals surface area contributed by atoms with E-state index in [0.29, 0.717) is 36.6 Å². The molecule has 0 amide bonds. The zero-order chi connectivity index (χ0) is 22.1. The number of hydrogen-bond donors (Lipinski definition) is 2. The van der Waals surface area contributed by atoms with Crippen LogP contribution >= 0.6 is 24.0 Å². The molecule has 1 saturated heterocycles. The number of benzene rings is 1. The second-order valence-corrected chi connectivity index (χ2v) is 10.3. The fraction of sp³-hybridized carbons (Fsp3) is 0.682. The predicted molar refractivity (Wildman–Crippen MR) is 140 cm³/mol. The van der Waals surface area contributed by atoms with Gasteiger partial charge in [0.2, 0.25) is 10.0 Å². The van der Waals surface area contributed by atoms with Crippen LogP contribution < -0.4 is 10.6 Å². The Morgan fingerprint density at radius 3 is 2.16 bits per heavy atom. The highest BCUT2D eigenvalue weighted by molar-refractivity contribution is 14.0. The van der Waals surface area contributed by atoms with Gasteiger partial charge in [-0.2, -0.15) is 4.31 Å². The van der Waals surface area contributed by atoms with Crippen molar-refractivity contribution < 1.29 is 8.42 Å². The molecule has 1 fully saturated rings. The molecule has 1 aromatic rings. The molecule has 178 valence electrons. The summed E-state index contributed by atoms with van der Waals surface area (Å²) in [6.07, 6.45) is 2.93. The lowest BCUT2D eigenvalue weighted by Gasteiger charge is -2.30. The van der Waals surface area contributed by atoms with Crippen LogP contribution in [0.25, 0.3) is 0 Å². The van der Waals surface area contributed by atoms with E-state index in [-0.39, 0.29) is 24.0 Å². The van der Waals surface area contributed by atoms with E-state index in [4.69, 9.17) is 0 Å². The predicted octanol–water partition coefficient (Wildman–Crippen LogP) is 3.26. The number of hydrogen-bond acceptors (Lipinski definition) is 4. The normalized spacial score (nSPS) is 15.5. The number of aliphatic imine (C=N–C) groups is 1. The van der Waals surface area contributed by atoms with Gasteiger partial charge >= 0.3 is 0 Å². The molecule has 2 N–H and O–H groups in total. The molecule has 0 saturated carbocycles. The lowest BCUT2D eigenvalue weighted by molar-refractivity contribution is 0.173. The minimum absolute atomic E-state index is 0. The lowest BCUT2D eigenvalue weighted by Crippen LogP contribution is -2.41. The average Bonchev–Trinajstić information content (AvgIpc) is 3.25. The number of halogens is 1. The van der Waals surface area contributed by atoms with E-state index in [0.717, 1.165) is 43.9 Å². The zero-order valence-corrected chi connectivity index (χ0v) is 22.7. The van der Waals surface area contributed by atoms with Gasteiger partial charge in [-0.15, -0.1) is 24.0 Å². The number of guanidine groups is 1.